The lowest BCUT2D eigenvalue weighted by Gasteiger charge is -2.18. The van der Waals surface area contributed by atoms with Gasteiger partial charge in [-0.2, -0.15) is 16.9 Å². The van der Waals surface area contributed by atoms with Crippen molar-refractivity contribution < 1.29 is 0 Å². The molecule has 0 aliphatic heterocycles. The van der Waals surface area contributed by atoms with Crippen LogP contribution in [0.15, 0.2) is 24.4 Å². The molecule has 17 heavy (non-hydrogen) atoms. The van der Waals surface area contributed by atoms with E-state index >= 15 is 0 Å². The first-order chi connectivity index (χ1) is 8.02. The summed E-state index contributed by atoms with van der Waals surface area (Å²) in [7, 11) is 0. The number of thioether (sulfide) groups is 1. The average Bonchev–Trinajstić information content (AvgIpc) is 2.67. The van der Waals surface area contributed by atoms with E-state index in [1.807, 2.05) is 18.0 Å². The zero-order valence-corrected chi connectivity index (χ0v) is 11.8. The van der Waals surface area contributed by atoms with Crippen molar-refractivity contribution in [3.05, 3.63) is 30.0 Å². The van der Waals surface area contributed by atoms with Gasteiger partial charge in [-0.25, -0.2) is 0 Å². The maximum atomic E-state index is 4.46. The van der Waals surface area contributed by atoms with Crippen molar-refractivity contribution in [3.63, 3.8) is 0 Å². The number of aryl methyl sites for hydroxylation is 1. The Morgan fingerprint density at radius 3 is 2.71 bits per heavy atom. The van der Waals surface area contributed by atoms with E-state index in [1.54, 1.807) is 0 Å². The van der Waals surface area contributed by atoms with Crippen molar-refractivity contribution in [1.29, 1.82) is 0 Å². The van der Waals surface area contributed by atoms with Crippen LogP contribution in [-0.2, 0) is 12.0 Å². The van der Waals surface area contributed by atoms with Gasteiger partial charge < -0.3 is 0 Å². The maximum absolute atomic E-state index is 4.46. The Labute approximate surface area is 107 Å². The molecule has 0 saturated carbocycles. The number of benzene rings is 1. The quantitative estimate of drug-likeness (QED) is 0.824. The van der Waals surface area contributed by atoms with Gasteiger partial charge in [-0.3, -0.25) is 4.68 Å². The SMILES string of the molecule is CSCCn1ncc2cc(C(C)(C)C)ccc21. The molecule has 1 aromatic carbocycles. The van der Waals surface area contributed by atoms with E-state index in [4.69, 9.17) is 0 Å². The minimum Gasteiger partial charge on any atom is -0.264 e. The number of hydrogen-bond acceptors (Lipinski definition) is 2. The molecule has 0 aliphatic carbocycles. The van der Waals surface area contributed by atoms with Crippen LogP contribution in [0.1, 0.15) is 26.3 Å². The summed E-state index contributed by atoms with van der Waals surface area (Å²) in [5.41, 5.74) is 2.82. The fourth-order valence-corrected chi connectivity index (χ4v) is 2.27. The fourth-order valence-electron chi connectivity index (χ4n) is 1.91. The topological polar surface area (TPSA) is 17.8 Å². The smallest absolute Gasteiger partial charge is 0.0682 e. The molecular formula is C14H20N2S. The first-order valence-corrected chi connectivity index (χ1v) is 7.37. The van der Waals surface area contributed by atoms with E-state index < -0.39 is 0 Å². The normalized spacial score (nSPS) is 12.2. The van der Waals surface area contributed by atoms with Gasteiger partial charge in [-0.1, -0.05) is 26.8 Å². The van der Waals surface area contributed by atoms with Crippen molar-refractivity contribution in [2.45, 2.75) is 32.7 Å². The Balaban J connectivity index is 2.38. The minimum atomic E-state index is 0.204. The van der Waals surface area contributed by atoms with Gasteiger partial charge in [-0.05, 0) is 29.4 Å². The molecule has 0 aliphatic rings. The van der Waals surface area contributed by atoms with Gasteiger partial charge in [0.1, 0.15) is 0 Å². The number of nitrogens with zero attached hydrogens (tertiary/aromatic N) is 2. The Hall–Kier alpha value is -0.960. The first-order valence-electron chi connectivity index (χ1n) is 5.97. The first kappa shape index (κ1) is 12.5. The zero-order valence-electron chi connectivity index (χ0n) is 11.0. The molecule has 0 atom stereocenters. The van der Waals surface area contributed by atoms with Crippen LogP contribution in [-0.4, -0.2) is 21.8 Å². The molecule has 0 bridgehead atoms. The van der Waals surface area contributed by atoms with Crippen molar-refractivity contribution in [1.82, 2.24) is 9.78 Å². The minimum absolute atomic E-state index is 0.204. The van der Waals surface area contributed by atoms with Crippen molar-refractivity contribution in [2.24, 2.45) is 0 Å². The van der Waals surface area contributed by atoms with E-state index in [-0.39, 0.29) is 5.41 Å². The summed E-state index contributed by atoms with van der Waals surface area (Å²) in [5, 5.41) is 5.71. The molecule has 0 fully saturated rings. The summed E-state index contributed by atoms with van der Waals surface area (Å²) in [6.07, 6.45) is 4.11. The van der Waals surface area contributed by atoms with Crippen LogP contribution in [0.5, 0.6) is 0 Å². The van der Waals surface area contributed by atoms with Gasteiger partial charge in [0.2, 0.25) is 0 Å². The summed E-state index contributed by atoms with van der Waals surface area (Å²) in [6, 6.07) is 6.68. The summed E-state index contributed by atoms with van der Waals surface area (Å²) in [4.78, 5) is 0. The Morgan fingerprint density at radius 1 is 1.29 bits per heavy atom. The molecule has 0 amide bonds. The molecule has 2 nitrogen and oxygen atoms in total. The highest BCUT2D eigenvalue weighted by Crippen LogP contribution is 2.26. The number of aromatic nitrogens is 2. The molecule has 0 N–H and O–H groups in total. The van der Waals surface area contributed by atoms with Gasteiger partial charge in [0.05, 0.1) is 18.3 Å². The Bertz CT molecular complexity index is 508. The summed E-state index contributed by atoms with van der Waals surface area (Å²) in [6.45, 7) is 7.71. The summed E-state index contributed by atoms with van der Waals surface area (Å²) in [5.74, 6) is 1.11. The zero-order chi connectivity index (χ0) is 12.5. The third-order valence-electron chi connectivity index (χ3n) is 3.02. The van der Waals surface area contributed by atoms with Gasteiger partial charge >= 0.3 is 0 Å². The third kappa shape index (κ3) is 2.65. The van der Waals surface area contributed by atoms with Crippen molar-refractivity contribution >= 4 is 22.7 Å². The van der Waals surface area contributed by atoms with Crippen LogP contribution in [0.25, 0.3) is 10.9 Å². The molecule has 0 saturated heterocycles. The van der Waals surface area contributed by atoms with Gasteiger partial charge in [-0.15, -0.1) is 0 Å². The second-order valence-corrected chi connectivity index (χ2v) is 6.37. The molecule has 0 spiro atoms. The molecule has 1 aromatic heterocycles. The van der Waals surface area contributed by atoms with Crippen LogP contribution in [0.4, 0.5) is 0 Å². The molecule has 92 valence electrons. The molecule has 3 heteroatoms. The van der Waals surface area contributed by atoms with Crippen LogP contribution in [0, 0.1) is 0 Å². The van der Waals surface area contributed by atoms with Gasteiger partial charge in [0.25, 0.3) is 0 Å². The second-order valence-electron chi connectivity index (χ2n) is 5.38. The van der Waals surface area contributed by atoms with Crippen molar-refractivity contribution in [2.75, 3.05) is 12.0 Å². The third-order valence-corrected chi connectivity index (χ3v) is 3.61. The molecular weight excluding hydrogens is 228 g/mol. The van der Waals surface area contributed by atoms with Gasteiger partial charge in [0.15, 0.2) is 0 Å². The van der Waals surface area contributed by atoms with E-state index in [1.165, 1.54) is 16.5 Å². The van der Waals surface area contributed by atoms with E-state index in [9.17, 15) is 0 Å². The van der Waals surface area contributed by atoms with Crippen molar-refractivity contribution in [3.8, 4) is 0 Å². The largest absolute Gasteiger partial charge is 0.264 e. The Kier molecular flexibility index (Phi) is 3.48. The number of hydrogen-bond donors (Lipinski definition) is 0. The van der Waals surface area contributed by atoms with E-state index in [0.717, 1.165) is 12.3 Å². The predicted octanol–water partition coefficient (Wildman–Crippen LogP) is 3.70. The lowest BCUT2D eigenvalue weighted by molar-refractivity contribution is 0.591. The molecule has 0 unspecified atom stereocenters. The maximum Gasteiger partial charge on any atom is 0.0682 e. The fraction of sp³-hybridized carbons (Fsp3) is 0.500. The molecule has 2 rings (SSSR count). The highest BCUT2D eigenvalue weighted by Gasteiger charge is 2.14. The van der Waals surface area contributed by atoms with Crippen LogP contribution in [0.3, 0.4) is 0 Å². The van der Waals surface area contributed by atoms with Crippen LogP contribution < -0.4 is 0 Å². The van der Waals surface area contributed by atoms with Crippen LogP contribution in [0.2, 0.25) is 0 Å². The van der Waals surface area contributed by atoms with E-state index in [2.05, 4.69) is 55.0 Å². The second kappa shape index (κ2) is 4.73. The lowest BCUT2D eigenvalue weighted by atomic mass is 9.86. The molecule has 2 aromatic rings. The molecule has 0 radical (unpaired) electrons. The monoisotopic (exact) mass is 248 g/mol. The number of fused-ring (bicyclic) bond motifs is 1. The highest BCUT2D eigenvalue weighted by molar-refractivity contribution is 7.98. The summed E-state index contributed by atoms with van der Waals surface area (Å²) < 4.78 is 2.10. The number of rotatable bonds is 3. The van der Waals surface area contributed by atoms with E-state index in [0.29, 0.717) is 0 Å². The highest BCUT2D eigenvalue weighted by atomic mass is 32.2. The predicted molar refractivity (Wildman–Crippen MR) is 76.8 cm³/mol. The average molecular weight is 248 g/mol. The summed E-state index contributed by atoms with van der Waals surface area (Å²) >= 11 is 1.85. The Morgan fingerprint density at radius 2 is 2.06 bits per heavy atom. The standard InChI is InChI=1S/C14H20N2S/c1-14(2,3)12-5-6-13-11(9-12)10-15-16(13)7-8-17-4/h5-6,9-10H,7-8H2,1-4H3. The lowest BCUT2D eigenvalue weighted by Crippen LogP contribution is -2.10. The van der Waals surface area contributed by atoms with Crippen LogP contribution >= 0.6 is 11.8 Å². The van der Waals surface area contributed by atoms with Gasteiger partial charge in [0, 0.05) is 11.1 Å². The molecule has 1 heterocycles.